The second kappa shape index (κ2) is 6.96. The second-order valence-corrected chi connectivity index (χ2v) is 5.76. The fourth-order valence-corrected chi connectivity index (χ4v) is 2.62. The van der Waals surface area contributed by atoms with Gasteiger partial charge in [-0.3, -0.25) is 24.6 Å². The van der Waals surface area contributed by atoms with Crippen LogP contribution in [0.25, 0.3) is 0 Å². The minimum absolute atomic E-state index is 0.00249. The Labute approximate surface area is 151 Å². The van der Waals surface area contributed by atoms with Gasteiger partial charge in [0, 0.05) is 12.1 Å². The molecule has 10 heteroatoms. The minimum atomic E-state index is -0.615. The molecule has 1 aliphatic heterocycles. The third-order valence-corrected chi connectivity index (χ3v) is 3.92. The van der Waals surface area contributed by atoms with E-state index in [2.05, 4.69) is 5.32 Å². The van der Waals surface area contributed by atoms with Gasteiger partial charge in [0.1, 0.15) is 18.1 Å². The molecular formula is C16H11ClFN3O5. The van der Waals surface area contributed by atoms with Gasteiger partial charge in [-0.15, -0.1) is 0 Å². The number of non-ortho nitro benzene ring substituents is 1. The Balaban J connectivity index is 1.83. The smallest absolute Gasteiger partial charge is 0.271 e. The predicted molar refractivity (Wildman–Crippen MR) is 91.0 cm³/mol. The summed E-state index contributed by atoms with van der Waals surface area (Å²) >= 11 is 5.85. The number of benzene rings is 2. The lowest BCUT2D eigenvalue weighted by atomic mass is 10.2. The Morgan fingerprint density at radius 3 is 2.81 bits per heavy atom. The van der Waals surface area contributed by atoms with Gasteiger partial charge in [-0.1, -0.05) is 11.6 Å². The Morgan fingerprint density at radius 1 is 1.35 bits per heavy atom. The second-order valence-electron chi connectivity index (χ2n) is 5.35. The number of amides is 2. The van der Waals surface area contributed by atoms with Crippen LogP contribution >= 0.6 is 11.6 Å². The molecule has 2 aromatic rings. The number of fused-ring (bicyclic) bond motifs is 1. The van der Waals surface area contributed by atoms with Crippen molar-refractivity contribution in [2.24, 2.45) is 0 Å². The van der Waals surface area contributed by atoms with E-state index in [1.54, 1.807) is 0 Å². The van der Waals surface area contributed by atoms with Crippen LogP contribution in [0.4, 0.5) is 21.5 Å². The molecule has 0 aliphatic carbocycles. The molecule has 0 aromatic heterocycles. The van der Waals surface area contributed by atoms with E-state index >= 15 is 0 Å². The highest BCUT2D eigenvalue weighted by Gasteiger charge is 2.29. The lowest BCUT2D eigenvalue weighted by Gasteiger charge is -2.28. The molecule has 1 aliphatic rings. The number of ether oxygens (including phenoxy) is 1. The summed E-state index contributed by atoms with van der Waals surface area (Å²) in [6.45, 7) is -0.709. The molecule has 1 heterocycles. The Kier molecular flexibility index (Phi) is 4.72. The summed E-state index contributed by atoms with van der Waals surface area (Å²) in [4.78, 5) is 35.8. The summed E-state index contributed by atoms with van der Waals surface area (Å²) in [5.41, 5.74) is 0.0582. The molecule has 3 rings (SSSR count). The van der Waals surface area contributed by atoms with Crippen molar-refractivity contribution in [3.63, 3.8) is 0 Å². The van der Waals surface area contributed by atoms with Crippen LogP contribution in [0.15, 0.2) is 36.4 Å². The van der Waals surface area contributed by atoms with E-state index in [-0.39, 0.29) is 34.4 Å². The van der Waals surface area contributed by atoms with Gasteiger partial charge in [-0.2, -0.15) is 0 Å². The molecule has 134 valence electrons. The lowest BCUT2D eigenvalue weighted by molar-refractivity contribution is -0.384. The molecule has 2 amide bonds. The molecule has 0 radical (unpaired) electrons. The maximum atomic E-state index is 13.1. The van der Waals surface area contributed by atoms with Crippen LogP contribution in [0, 0.1) is 15.9 Å². The molecule has 0 spiro atoms. The molecule has 0 atom stereocenters. The van der Waals surface area contributed by atoms with Crippen molar-refractivity contribution in [2.75, 3.05) is 23.4 Å². The van der Waals surface area contributed by atoms with Crippen molar-refractivity contribution in [3.8, 4) is 5.75 Å². The number of anilines is 2. The van der Waals surface area contributed by atoms with Crippen LogP contribution in [-0.4, -0.2) is 29.9 Å². The van der Waals surface area contributed by atoms with Crippen molar-refractivity contribution in [1.29, 1.82) is 0 Å². The molecule has 2 aromatic carbocycles. The molecule has 0 bridgehead atoms. The van der Waals surface area contributed by atoms with Gasteiger partial charge in [-0.25, -0.2) is 4.39 Å². The van der Waals surface area contributed by atoms with E-state index in [1.807, 2.05) is 0 Å². The third kappa shape index (κ3) is 3.57. The number of carbonyl (C=O) groups is 2. The quantitative estimate of drug-likeness (QED) is 0.650. The zero-order valence-electron chi connectivity index (χ0n) is 13.1. The van der Waals surface area contributed by atoms with Crippen LogP contribution in [0.1, 0.15) is 0 Å². The number of nitrogens with one attached hydrogen (secondary N) is 1. The first-order valence-electron chi connectivity index (χ1n) is 7.31. The summed E-state index contributed by atoms with van der Waals surface area (Å²) in [6, 6.07) is 7.21. The van der Waals surface area contributed by atoms with Crippen molar-refractivity contribution in [2.45, 2.75) is 0 Å². The SMILES string of the molecule is O=C(CN1C(=O)COc2ccc([N+](=O)[O-])cc21)Nc1ccc(F)cc1Cl. The Bertz CT molecular complexity index is 921. The van der Waals surface area contributed by atoms with Gasteiger partial charge in [0.25, 0.3) is 11.6 Å². The van der Waals surface area contributed by atoms with Gasteiger partial charge in [0.15, 0.2) is 6.61 Å². The number of rotatable bonds is 4. The molecule has 26 heavy (non-hydrogen) atoms. The summed E-state index contributed by atoms with van der Waals surface area (Å²) < 4.78 is 18.3. The Morgan fingerprint density at radius 2 is 2.12 bits per heavy atom. The maximum absolute atomic E-state index is 13.1. The fourth-order valence-electron chi connectivity index (χ4n) is 2.40. The number of hydrogen-bond acceptors (Lipinski definition) is 5. The summed E-state index contributed by atoms with van der Waals surface area (Å²) in [5.74, 6) is -1.44. The summed E-state index contributed by atoms with van der Waals surface area (Å²) in [6.07, 6.45) is 0. The first-order chi connectivity index (χ1) is 12.3. The number of nitro groups is 1. The topological polar surface area (TPSA) is 102 Å². The van der Waals surface area contributed by atoms with E-state index in [0.29, 0.717) is 0 Å². The van der Waals surface area contributed by atoms with Gasteiger partial charge >= 0.3 is 0 Å². The highest BCUT2D eigenvalue weighted by atomic mass is 35.5. The van der Waals surface area contributed by atoms with Crippen molar-refractivity contribution >= 4 is 40.5 Å². The van der Waals surface area contributed by atoms with Crippen LogP contribution in [0.5, 0.6) is 5.75 Å². The number of carbonyl (C=O) groups excluding carboxylic acids is 2. The van der Waals surface area contributed by atoms with Crippen molar-refractivity contribution < 1.29 is 23.6 Å². The molecule has 0 unspecified atom stereocenters. The number of halogens is 2. The third-order valence-electron chi connectivity index (χ3n) is 3.60. The van der Waals surface area contributed by atoms with Crippen LogP contribution < -0.4 is 15.0 Å². The van der Waals surface area contributed by atoms with Gasteiger partial charge in [-0.05, 0) is 24.3 Å². The fraction of sp³-hybridized carbons (Fsp3) is 0.125. The van der Waals surface area contributed by atoms with Crippen LogP contribution in [0.2, 0.25) is 5.02 Å². The van der Waals surface area contributed by atoms with Crippen LogP contribution in [0.3, 0.4) is 0 Å². The highest BCUT2D eigenvalue weighted by molar-refractivity contribution is 6.33. The lowest BCUT2D eigenvalue weighted by Crippen LogP contribution is -2.43. The number of nitro benzene ring substituents is 1. The molecule has 8 nitrogen and oxygen atoms in total. The van der Waals surface area contributed by atoms with Crippen LogP contribution in [-0.2, 0) is 9.59 Å². The minimum Gasteiger partial charge on any atom is -0.482 e. The van der Waals surface area contributed by atoms with E-state index < -0.39 is 29.1 Å². The van der Waals surface area contributed by atoms with Crippen molar-refractivity contribution in [3.05, 3.63) is 57.4 Å². The zero-order valence-corrected chi connectivity index (χ0v) is 13.8. The molecule has 1 N–H and O–H groups in total. The largest absolute Gasteiger partial charge is 0.482 e. The Hall–Kier alpha value is -3.20. The van der Waals surface area contributed by atoms with Gasteiger partial charge < -0.3 is 10.1 Å². The number of nitrogens with zero attached hydrogens (tertiary/aromatic N) is 2. The summed E-state index contributed by atoms with van der Waals surface area (Å²) in [7, 11) is 0. The molecule has 0 saturated carbocycles. The monoisotopic (exact) mass is 379 g/mol. The first-order valence-corrected chi connectivity index (χ1v) is 7.69. The van der Waals surface area contributed by atoms with Crippen molar-refractivity contribution in [1.82, 2.24) is 0 Å². The molecular weight excluding hydrogens is 369 g/mol. The summed E-state index contributed by atoms with van der Waals surface area (Å²) in [5, 5.41) is 13.4. The average Bonchev–Trinajstić information content (AvgIpc) is 2.59. The average molecular weight is 380 g/mol. The number of hydrogen-bond donors (Lipinski definition) is 1. The van der Waals surface area contributed by atoms with Gasteiger partial charge in [0.05, 0.1) is 21.3 Å². The molecule has 0 fully saturated rings. The zero-order chi connectivity index (χ0) is 18.8. The molecule has 0 saturated heterocycles. The predicted octanol–water partition coefficient (Wildman–Crippen LogP) is 2.75. The highest BCUT2D eigenvalue weighted by Crippen LogP contribution is 2.35. The first kappa shape index (κ1) is 17.6. The normalized spacial score (nSPS) is 13.0. The van der Waals surface area contributed by atoms with E-state index in [0.717, 1.165) is 23.1 Å². The standard InChI is InChI=1S/C16H11ClFN3O5/c17-11-5-9(18)1-3-12(11)19-15(22)7-20-13-6-10(21(24)25)2-4-14(13)26-8-16(20)23/h1-6H,7-8H2,(H,19,22). The maximum Gasteiger partial charge on any atom is 0.271 e. The van der Waals surface area contributed by atoms with Gasteiger partial charge in [0.2, 0.25) is 5.91 Å². The van der Waals surface area contributed by atoms with E-state index in [4.69, 9.17) is 16.3 Å². The van der Waals surface area contributed by atoms with E-state index in [1.165, 1.54) is 18.2 Å². The van der Waals surface area contributed by atoms with E-state index in [9.17, 15) is 24.1 Å².